The van der Waals surface area contributed by atoms with Crippen LogP contribution in [0.2, 0.25) is 0 Å². The molecule has 0 aromatic heterocycles. The maximum absolute atomic E-state index is 13.6. The summed E-state index contributed by atoms with van der Waals surface area (Å²) in [4.78, 5) is 0.101. The zero-order valence-corrected chi connectivity index (χ0v) is 10.7. The van der Waals surface area contributed by atoms with Crippen molar-refractivity contribution >= 4 is 22.9 Å². The van der Waals surface area contributed by atoms with Gasteiger partial charge in [-0.05, 0) is 31.4 Å². The van der Waals surface area contributed by atoms with Gasteiger partial charge in [-0.2, -0.15) is 0 Å². The van der Waals surface area contributed by atoms with Gasteiger partial charge in [0.1, 0.15) is 10.8 Å². The first-order valence-corrected chi connectivity index (χ1v) is 6.33. The third kappa shape index (κ3) is 3.16. The standard InChI is InChI=1S/C13H17FN2S/c1-8(7-9-5-6-9)16-11-4-2-3-10(14)12(11)13(15)17/h2-4,8-9,16H,5-7H2,1H3,(H2,15,17). The molecule has 1 saturated carbocycles. The summed E-state index contributed by atoms with van der Waals surface area (Å²) in [5, 5.41) is 3.30. The van der Waals surface area contributed by atoms with Gasteiger partial charge in [-0.25, -0.2) is 4.39 Å². The lowest BCUT2D eigenvalue weighted by Gasteiger charge is -2.17. The van der Waals surface area contributed by atoms with Crippen LogP contribution in [0.5, 0.6) is 0 Å². The Morgan fingerprint density at radius 3 is 2.88 bits per heavy atom. The molecule has 0 saturated heterocycles. The Morgan fingerprint density at radius 1 is 1.59 bits per heavy atom. The summed E-state index contributed by atoms with van der Waals surface area (Å²) in [7, 11) is 0. The molecular weight excluding hydrogens is 235 g/mol. The average Bonchev–Trinajstić information content (AvgIpc) is 3.00. The Labute approximate surface area is 106 Å². The number of nitrogens with one attached hydrogen (secondary N) is 1. The van der Waals surface area contributed by atoms with E-state index in [-0.39, 0.29) is 10.8 Å². The van der Waals surface area contributed by atoms with E-state index in [0.29, 0.717) is 17.3 Å². The number of nitrogens with two attached hydrogens (primary N) is 1. The molecule has 92 valence electrons. The summed E-state index contributed by atoms with van der Waals surface area (Å²) < 4.78 is 13.6. The van der Waals surface area contributed by atoms with Gasteiger partial charge in [-0.3, -0.25) is 0 Å². The molecule has 1 atom stereocenters. The summed E-state index contributed by atoms with van der Waals surface area (Å²) in [5.41, 5.74) is 6.58. The molecule has 4 heteroatoms. The van der Waals surface area contributed by atoms with Crippen LogP contribution in [0.25, 0.3) is 0 Å². The zero-order valence-electron chi connectivity index (χ0n) is 9.87. The highest BCUT2D eigenvalue weighted by molar-refractivity contribution is 7.80. The second-order valence-corrected chi connectivity index (χ2v) is 5.19. The Hall–Kier alpha value is -1.16. The van der Waals surface area contributed by atoms with Gasteiger partial charge in [-0.1, -0.05) is 31.1 Å². The van der Waals surface area contributed by atoms with Crippen LogP contribution in [0, 0.1) is 11.7 Å². The molecule has 0 spiro atoms. The van der Waals surface area contributed by atoms with Gasteiger partial charge in [0.05, 0.1) is 5.56 Å². The van der Waals surface area contributed by atoms with Gasteiger partial charge in [-0.15, -0.1) is 0 Å². The molecule has 1 aromatic carbocycles. The van der Waals surface area contributed by atoms with Crippen molar-refractivity contribution in [1.82, 2.24) is 0 Å². The van der Waals surface area contributed by atoms with Crippen LogP contribution in [-0.2, 0) is 0 Å². The minimum Gasteiger partial charge on any atom is -0.389 e. The molecule has 3 N–H and O–H groups in total. The number of rotatable bonds is 5. The van der Waals surface area contributed by atoms with Crippen molar-refractivity contribution in [2.45, 2.75) is 32.2 Å². The van der Waals surface area contributed by atoms with E-state index in [4.69, 9.17) is 18.0 Å². The predicted octanol–water partition coefficient (Wildman–Crippen LogP) is 3.06. The fourth-order valence-electron chi connectivity index (χ4n) is 2.07. The van der Waals surface area contributed by atoms with Gasteiger partial charge >= 0.3 is 0 Å². The number of hydrogen-bond acceptors (Lipinski definition) is 2. The summed E-state index contributed by atoms with van der Waals surface area (Å²) in [6.45, 7) is 2.10. The Bertz CT molecular complexity index is 429. The number of thiocarbonyl (C=S) groups is 1. The Kier molecular flexibility index (Phi) is 3.62. The van der Waals surface area contributed by atoms with Crippen LogP contribution in [-0.4, -0.2) is 11.0 Å². The molecule has 0 heterocycles. The van der Waals surface area contributed by atoms with Crippen LogP contribution < -0.4 is 11.1 Å². The van der Waals surface area contributed by atoms with E-state index in [1.165, 1.54) is 18.9 Å². The second kappa shape index (κ2) is 5.00. The van der Waals surface area contributed by atoms with E-state index in [0.717, 1.165) is 12.3 Å². The maximum atomic E-state index is 13.6. The Balaban J connectivity index is 2.13. The van der Waals surface area contributed by atoms with E-state index in [9.17, 15) is 4.39 Å². The summed E-state index contributed by atoms with van der Waals surface area (Å²) >= 11 is 4.89. The van der Waals surface area contributed by atoms with E-state index >= 15 is 0 Å². The second-order valence-electron chi connectivity index (χ2n) is 4.75. The van der Waals surface area contributed by atoms with E-state index in [1.54, 1.807) is 6.07 Å². The van der Waals surface area contributed by atoms with Crippen molar-refractivity contribution in [2.24, 2.45) is 11.7 Å². The van der Waals surface area contributed by atoms with E-state index in [2.05, 4.69) is 12.2 Å². The number of anilines is 1. The predicted molar refractivity (Wildman–Crippen MR) is 72.7 cm³/mol. The number of benzene rings is 1. The molecule has 2 rings (SSSR count). The first-order valence-electron chi connectivity index (χ1n) is 5.92. The average molecular weight is 252 g/mol. The molecule has 1 aliphatic rings. The van der Waals surface area contributed by atoms with Crippen molar-refractivity contribution in [2.75, 3.05) is 5.32 Å². The monoisotopic (exact) mass is 252 g/mol. The molecule has 0 bridgehead atoms. The molecule has 0 radical (unpaired) electrons. The number of hydrogen-bond donors (Lipinski definition) is 2. The molecule has 1 unspecified atom stereocenters. The van der Waals surface area contributed by atoms with E-state index < -0.39 is 0 Å². The topological polar surface area (TPSA) is 38.0 Å². The molecule has 1 aromatic rings. The minimum absolute atomic E-state index is 0.101. The first-order chi connectivity index (χ1) is 8.08. The first kappa shape index (κ1) is 12.3. The zero-order chi connectivity index (χ0) is 12.4. The fraction of sp³-hybridized carbons (Fsp3) is 0.462. The maximum Gasteiger partial charge on any atom is 0.135 e. The largest absolute Gasteiger partial charge is 0.389 e. The minimum atomic E-state index is -0.360. The van der Waals surface area contributed by atoms with Crippen LogP contribution in [0.3, 0.4) is 0 Å². The summed E-state index contributed by atoms with van der Waals surface area (Å²) in [5.74, 6) is 0.473. The third-order valence-electron chi connectivity index (χ3n) is 3.05. The highest BCUT2D eigenvalue weighted by atomic mass is 32.1. The smallest absolute Gasteiger partial charge is 0.135 e. The van der Waals surface area contributed by atoms with Crippen molar-refractivity contribution in [3.05, 3.63) is 29.6 Å². The van der Waals surface area contributed by atoms with Gasteiger partial charge < -0.3 is 11.1 Å². The lowest BCUT2D eigenvalue weighted by molar-refractivity contribution is 0.621. The van der Waals surface area contributed by atoms with Gasteiger partial charge in [0.15, 0.2) is 0 Å². The van der Waals surface area contributed by atoms with Gasteiger partial charge in [0.2, 0.25) is 0 Å². The van der Waals surface area contributed by atoms with Gasteiger partial charge in [0, 0.05) is 11.7 Å². The van der Waals surface area contributed by atoms with Crippen molar-refractivity contribution in [3.8, 4) is 0 Å². The molecule has 17 heavy (non-hydrogen) atoms. The van der Waals surface area contributed by atoms with Crippen LogP contribution in [0.4, 0.5) is 10.1 Å². The SMILES string of the molecule is CC(CC1CC1)Nc1cccc(F)c1C(N)=S. The molecule has 2 nitrogen and oxygen atoms in total. The Morgan fingerprint density at radius 2 is 2.29 bits per heavy atom. The van der Waals surface area contributed by atoms with Crippen molar-refractivity contribution in [1.29, 1.82) is 0 Å². The molecule has 0 amide bonds. The fourth-order valence-corrected chi connectivity index (χ4v) is 2.28. The molecule has 1 fully saturated rings. The lowest BCUT2D eigenvalue weighted by Crippen LogP contribution is -2.21. The van der Waals surface area contributed by atoms with Crippen molar-refractivity contribution < 1.29 is 4.39 Å². The quantitative estimate of drug-likeness (QED) is 0.791. The highest BCUT2D eigenvalue weighted by Gasteiger charge is 2.24. The summed E-state index contributed by atoms with van der Waals surface area (Å²) in [6, 6.07) is 5.19. The third-order valence-corrected chi connectivity index (χ3v) is 3.25. The molecule has 0 aliphatic heterocycles. The van der Waals surface area contributed by atoms with Crippen LogP contribution in [0.1, 0.15) is 31.7 Å². The van der Waals surface area contributed by atoms with E-state index in [1.807, 2.05) is 6.07 Å². The van der Waals surface area contributed by atoms with Crippen LogP contribution in [0.15, 0.2) is 18.2 Å². The van der Waals surface area contributed by atoms with Crippen LogP contribution >= 0.6 is 12.2 Å². The summed E-state index contributed by atoms with van der Waals surface area (Å²) in [6.07, 6.45) is 3.75. The molecule has 1 aliphatic carbocycles. The van der Waals surface area contributed by atoms with Crippen molar-refractivity contribution in [3.63, 3.8) is 0 Å². The number of halogens is 1. The van der Waals surface area contributed by atoms with Gasteiger partial charge in [0.25, 0.3) is 0 Å². The normalized spacial score (nSPS) is 16.6. The molecular formula is C13H17FN2S. The highest BCUT2D eigenvalue weighted by Crippen LogP contribution is 2.34. The lowest BCUT2D eigenvalue weighted by atomic mass is 10.1.